The number of guanidine groups is 1. The van der Waals surface area contributed by atoms with E-state index < -0.39 is 0 Å². The number of hydrogen-bond acceptors (Lipinski definition) is 4. The van der Waals surface area contributed by atoms with E-state index >= 15 is 0 Å². The number of hydrogen-bond donors (Lipinski definition) is 2. The SMILES string of the molecule is CN=C(NCc1ccccn1)NCC(CC(C)C)N1CCOCC1.I. The van der Waals surface area contributed by atoms with Crippen molar-refractivity contribution in [1.82, 2.24) is 20.5 Å². The number of aromatic nitrogens is 1. The summed E-state index contributed by atoms with van der Waals surface area (Å²) in [5.74, 6) is 1.49. The van der Waals surface area contributed by atoms with Crippen molar-refractivity contribution in [2.45, 2.75) is 32.9 Å². The van der Waals surface area contributed by atoms with Crippen molar-refractivity contribution in [3.8, 4) is 0 Å². The Morgan fingerprint density at radius 1 is 1.28 bits per heavy atom. The van der Waals surface area contributed by atoms with Crippen molar-refractivity contribution in [1.29, 1.82) is 0 Å². The summed E-state index contributed by atoms with van der Waals surface area (Å²) in [6, 6.07) is 6.43. The average molecular weight is 461 g/mol. The fourth-order valence-electron chi connectivity index (χ4n) is 2.96. The molecule has 1 aromatic rings. The maximum atomic E-state index is 5.48. The van der Waals surface area contributed by atoms with E-state index in [1.54, 1.807) is 7.05 Å². The molecule has 1 aliphatic rings. The molecule has 2 rings (SSSR count). The van der Waals surface area contributed by atoms with Crippen molar-refractivity contribution in [3.05, 3.63) is 30.1 Å². The summed E-state index contributed by atoms with van der Waals surface area (Å²) >= 11 is 0. The first-order chi connectivity index (χ1) is 11.7. The smallest absolute Gasteiger partial charge is 0.191 e. The predicted molar refractivity (Wildman–Crippen MR) is 113 cm³/mol. The summed E-state index contributed by atoms with van der Waals surface area (Å²) in [7, 11) is 1.81. The van der Waals surface area contributed by atoms with E-state index in [0.717, 1.165) is 44.5 Å². The first-order valence-corrected chi connectivity index (χ1v) is 8.85. The standard InChI is InChI=1S/C18H31N5O.HI/c1-15(2)12-17(23-8-10-24-11-9-23)14-22-18(19-3)21-13-16-6-4-5-7-20-16;/h4-7,15,17H,8-14H2,1-3H3,(H2,19,21,22);1H. The monoisotopic (exact) mass is 461 g/mol. The summed E-state index contributed by atoms with van der Waals surface area (Å²) in [4.78, 5) is 11.2. The molecule has 1 fully saturated rings. The molecular formula is C18H32IN5O. The number of nitrogens with one attached hydrogen (secondary N) is 2. The molecule has 25 heavy (non-hydrogen) atoms. The molecule has 2 heterocycles. The molecule has 0 aliphatic carbocycles. The van der Waals surface area contributed by atoms with Crippen LogP contribution in [0.5, 0.6) is 0 Å². The Hall–Kier alpha value is -0.930. The summed E-state index contributed by atoms with van der Waals surface area (Å²) in [6.07, 6.45) is 2.98. The summed E-state index contributed by atoms with van der Waals surface area (Å²) in [6.45, 7) is 9.82. The third-order valence-electron chi connectivity index (χ3n) is 4.20. The molecule has 0 spiro atoms. The van der Waals surface area contributed by atoms with Gasteiger partial charge < -0.3 is 15.4 Å². The van der Waals surface area contributed by atoms with Crippen LogP contribution in [0.2, 0.25) is 0 Å². The molecule has 1 aromatic heterocycles. The second-order valence-corrected chi connectivity index (χ2v) is 6.56. The average Bonchev–Trinajstić information content (AvgIpc) is 2.62. The summed E-state index contributed by atoms with van der Waals surface area (Å²) in [5, 5.41) is 6.80. The number of halogens is 1. The maximum absolute atomic E-state index is 5.48. The molecule has 6 nitrogen and oxygen atoms in total. The van der Waals surface area contributed by atoms with Crippen molar-refractivity contribution < 1.29 is 4.74 Å². The number of pyridine rings is 1. The molecule has 142 valence electrons. The Labute approximate surface area is 168 Å². The lowest BCUT2D eigenvalue weighted by molar-refractivity contribution is 0.0132. The van der Waals surface area contributed by atoms with Gasteiger partial charge >= 0.3 is 0 Å². The van der Waals surface area contributed by atoms with E-state index in [2.05, 4.69) is 39.4 Å². The molecule has 1 unspecified atom stereocenters. The van der Waals surface area contributed by atoms with E-state index in [9.17, 15) is 0 Å². The Morgan fingerprint density at radius 2 is 2.04 bits per heavy atom. The van der Waals surface area contributed by atoms with Gasteiger partial charge in [0.2, 0.25) is 0 Å². The Balaban J connectivity index is 0.00000312. The Bertz CT molecular complexity index is 491. The zero-order valence-corrected chi connectivity index (χ0v) is 17.9. The highest BCUT2D eigenvalue weighted by molar-refractivity contribution is 14.0. The van der Waals surface area contributed by atoms with Crippen molar-refractivity contribution in [3.63, 3.8) is 0 Å². The number of ether oxygens (including phenoxy) is 1. The number of morpholine rings is 1. The first kappa shape index (κ1) is 22.1. The van der Waals surface area contributed by atoms with Crippen LogP contribution in [0.15, 0.2) is 29.4 Å². The van der Waals surface area contributed by atoms with Crippen LogP contribution < -0.4 is 10.6 Å². The molecule has 1 saturated heterocycles. The van der Waals surface area contributed by atoms with Gasteiger partial charge in [-0.3, -0.25) is 14.9 Å². The van der Waals surface area contributed by atoms with Crippen molar-refractivity contribution in [2.24, 2.45) is 10.9 Å². The van der Waals surface area contributed by atoms with Gasteiger partial charge in [-0.25, -0.2) is 0 Å². The Morgan fingerprint density at radius 3 is 2.64 bits per heavy atom. The third-order valence-corrected chi connectivity index (χ3v) is 4.20. The lowest BCUT2D eigenvalue weighted by atomic mass is 10.0. The van der Waals surface area contributed by atoms with Crippen LogP contribution in [-0.2, 0) is 11.3 Å². The molecule has 1 aliphatic heterocycles. The van der Waals surface area contributed by atoms with E-state index in [1.807, 2.05) is 24.4 Å². The van der Waals surface area contributed by atoms with E-state index in [-0.39, 0.29) is 24.0 Å². The quantitative estimate of drug-likeness (QED) is 0.370. The van der Waals surface area contributed by atoms with Crippen molar-refractivity contribution >= 4 is 29.9 Å². The second-order valence-electron chi connectivity index (χ2n) is 6.56. The zero-order valence-electron chi connectivity index (χ0n) is 15.6. The minimum atomic E-state index is 0. The number of rotatable bonds is 7. The van der Waals surface area contributed by atoms with Crippen molar-refractivity contribution in [2.75, 3.05) is 39.9 Å². The molecule has 0 saturated carbocycles. The molecule has 2 N–H and O–H groups in total. The molecule has 1 atom stereocenters. The third kappa shape index (κ3) is 8.33. The van der Waals surface area contributed by atoms with Gasteiger partial charge in [-0.15, -0.1) is 24.0 Å². The van der Waals surface area contributed by atoms with Crippen LogP contribution in [0.25, 0.3) is 0 Å². The lowest BCUT2D eigenvalue weighted by Crippen LogP contribution is -2.51. The van der Waals surface area contributed by atoms with Crippen LogP contribution in [0, 0.1) is 5.92 Å². The minimum Gasteiger partial charge on any atom is -0.379 e. The van der Waals surface area contributed by atoms with E-state index in [4.69, 9.17) is 4.74 Å². The van der Waals surface area contributed by atoms with Gasteiger partial charge in [0.15, 0.2) is 5.96 Å². The van der Waals surface area contributed by atoms with Crippen LogP contribution in [-0.4, -0.2) is 61.8 Å². The maximum Gasteiger partial charge on any atom is 0.191 e. The van der Waals surface area contributed by atoms with Gasteiger partial charge in [-0.05, 0) is 24.5 Å². The Kier molecular flexibility index (Phi) is 11.0. The van der Waals surface area contributed by atoms with Gasteiger partial charge in [0.25, 0.3) is 0 Å². The molecule has 0 radical (unpaired) electrons. The zero-order chi connectivity index (χ0) is 17.2. The molecule has 0 aromatic carbocycles. The lowest BCUT2D eigenvalue weighted by Gasteiger charge is -2.35. The largest absolute Gasteiger partial charge is 0.379 e. The summed E-state index contributed by atoms with van der Waals surface area (Å²) < 4.78 is 5.48. The second kappa shape index (κ2) is 12.4. The minimum absolute atomic E-state index is 0. The van der Waals surface area contributed by atoms with Crippen LogP contribution in [0.4, 0.5) is 0 Å². The van der Waals surface area contributed by atoms with Crippen LogP contribution in [0.1, 0.15) is 26.0 Å². The highest BCUT2D eigenvalue weighted by atomic mass is 127. The predicted octanol–water partition coefficient (Wildman–Crippen LogP) is 2.11. The van der Waals surface area contributed by atoms with Crippen LogP contribution >= 0.6 is 24.0 Å². The normalized spacial score (nSPS) is 17.0. The fourth-order valence-corrected chi connectivity index (χ4v) is 2.96. The van der Waals surface area contributed by atoms with Gasteiger partial charge in [-0.2, -0.15) is 0 Å². The topological polar surface area (TPSA) is 61.8 Å². The van der Waals surface area contributed by atoms with Gasteiger partial charge in [0, 0.05) is 38.9 Å². The fraction of sp³-hybridized carbons (Fsp3) is 0.667. The molecule has 0 bridgehead atoms. The molecule has 0 amide bonds. The highest BCUT2D eigenvalue weighted by Gasteiger charge is 2.22. The number of aliphatic imine (C=N–C) groups is 1. The molecule has 7 heteroatoms. The van der Waals surface area contributed by atoms with E-state index in [0.29, 0.717) is 18.5 Å². The van der Waals surface area contributed by atoms with Gasteiger partial charge in [-0.1, -0.05) is 19.9 Å². The highest BCUT2D eigenvalue weighted by Crippen LogP contribution is 2.12. The summed E-state index contributed by atoms with van der Waals surface area (Å²) in [5.41, 5.74) is 1.01. The van der Waals surface area contributed by atoms with Gasteiger partial charge in [0.05, 0.1) is 25.5 Å². The number of nitrogens with zero attached hydrogens (tertiary/aromatic N) is 3. The van der Waals surface area contributed by atoms with Gasteiger partial charge in [0.1, 0.15) is 0 Å². The van der Waals surface area contributed by atoms with E-state index in [1.165, 1.54) is 6.42 Å². The van der Waals surface area contributed by atoms with Crippen LogP contribution in [0.3, 0.4) is 0 Å². The molecular weight excluding hydrogens is 429 g/mol. The first-order valence-electron chi connectivity index (χ1n) is 8.85.